The number of benzene rings is 3. The Balaban J connectivity index is 1.41. The number of ketones is 1. The Bertz CT molecular complexity index is 1240. The third kappa shape index (κ3) is 5.69. The molecule has 1 heterocycles. The van der Waals surface area contributed by atoms with E-state index in [-0.39, 0.29) is 22.7 Å². The molecule has 1 aliphatic rings. The monoisotopic (exact) mass is 488 g/mol. The molecule has 3 aromatic rings. The number of nitro benzene ring substituents is 1. The summed E-state index contributed by atoms with van der Waals surface area (Å²) in [5, 5.41) is 14.2. The van der Waals surface area contributed by atoms with Gasteiger partial charge in [0.25, 0.3) is 11.6 Å². The van der Waals surface area contributed by atoms with Crippen LogP contribution in [0.25, 0.3) is 0 Å². The van der Waals surface area contributed by atoms with Crippen molar-refractivity contribution < 1.29 is 19.2 Å². The van der Waals surface area contributed by atoms with E-state index in [4.69, 9.17) is 4.74 Å². The molecule has 1 N–H and O–H groups in total. The SMILES string of the molecule is CNc1ccc(C(=O)c2ccccc2C(=O)N2CCN(CCOc3ccccc3)CC2)cc1[N+](=O)[O-]. The van der Waals surface area contributed by atoms with Gasteiger partial charge in [0.2, 0.25) is 0 Å². The average molecular weight is 489 g/mol. The summed E-state index contributed by atoms with van der Waals surface area (Å²) in [7, 11) is 1.58. The van der Waals surface area contributed by atoms with Crippen LogP contribution < -0.4 is 10.1 Å². The van der Waals surface area contributed by atoms with Crippen molar-refractivity contribution in [2.24, 2.45) is 0 Å². The summed E-state index contributed by atoms with van der Waals surface area (Å²) in [5.74, 6) is 0.181. The molecule has 0 spiro atoms. The zero-order valence-corrected chi connectivity index (χ0v) is 20.1. The van der Waals surface area contributed by atoms with Gasteiger partial charge in [0.05, 0.1) is 10.5 Å². The second kappa shape index (κ2) is 11.5. The molecule has 186 valence electrons. The second-order valence-corrected chi connectivity index (χ2v) is 8.41. The number of nitrogens with zero attached hydrogens (tertiary/aromatic N) is 3. The number of carbonyl (C=O) groups is 2. The number of piperazine rings is 1. The van der Waals surface area contributed by atoms with Crippen LogP contribution in [0.4, 0.5) is 11.4 Å². The molecule has 0 saturated carbocycles. The topological polar surface area (TPSA) is 105 Å². The van der Waals surface area contributed by atoms with Crippen LogP contribution in [0.1, 0.15) is 26.3 Å². The normalized spacial score (nSPS) is 13.8. The molecule has 3 aromatic carbocycles. The minimum atomic E-state index is -0.538. The summed E-state index contributed by atoms with van der Waals surface area (Å²) >= 11 is 0. The van der Waals surface area contributed by atoms with E-state index in [0.717, 1.165) is 12.3 Å². The number of nitrogens with one attached hydrogen (secondary N) is 1. The van der Waals surface area contributed by atoms with Crippen LogP contribution in [0.2, 0.25) is 0 Å². The summed E-state index contributed by atoms with van der Waals surface area (Å²) in [5.41, 5.74) is 0.799. The lowest BCUT2D eigenvalue weighted by Gasteiger charge is -2.35. The van der Waals surface area contributed by atoms with Crippen molar-refractivity contribution in [3.05, 3.63) is 99.6 Å². The lowest BCUT2D eigenvalue weighted by molar-refractivity contribution is -0.384. The lowest BCUT2D eigenvalue weighted by Crippen LogP contribution is -2.49. The molecule has 4 rings (SSSR count). The summed E-state index contributed by atoms with van der Waals surface area (Å²) in [6, 6.07) is 20.5. The number of carbonyl (C=O) groups excluding carboxylic acids is 2. The molecule has 0 atom stereocenters. The van der Waals surface area contributed by atoms with E-state index in [0.29, 0.717) is 44.0 Å². The van der Waals surface area contributed by atoms with Crippen molar-refractivity contribution in [3.63, 3.8) is 0 Å². The summed E-state index contributed by atoms with van der Waals surface area (Å²) in [6.45, 7) is 3.81. The Kier molecular flexibility index (Phi) is 7.92. The van der Waals surface area contributed by atoms with Crippen LogP contribution >= 0.6 is 0 Å². The lowest BCUT2D eigenvalue weighted by atomic mass is 9.96. The largest absolute Gasteiger partial charge is 0.492 e. The van der Waals surface area contributed by atoms with E-state index in [1.165, 1.54) is 18.2 Å². The fourth-order valence-electron chi connectivity index (χ4n) is 4.21. The number of nitro groups is 1. The van der Waals surface area contributed by atoms with Crippen LogP contribution in [0.15, 0.2) is 72.8 Å². The maximum atomic E-state index is 13.3. The molecule has 0 bridgehead atoms. The van der Waals surface area contributed by atoms with E-state index >= 15 is 0 Å². The number of amides is 1. The Morgan fingerprint density at radius 2 is 1.61 bits per heavy atom. The number of para-hydroxylation sites is 1. The first-order valence-electron chi connectivity index (χ1n) is 11.8. The Morgan fingerprint density at radius 3 is 2.28 bits per heavy atom. The standard InChI is InChI=1S/C27H28N4O5/c1-28-24-12-11-20(19-25(24)31(34)35)26(32)22-9-5-6-10-23(22)27(33)30-15-13-29(14-16-30)17-18-36-21-7-3-2-4-8-21/h2-12,19,28H,13-18H2,1H3. The van der Waals surface area contributed by atoms with Crippen molar-refractivity contribution in [1.82, 2.24) is 9.80 Å². The third-order valence-corrected chi connectivity index (χ3v) is 6.21. The first-order chi connectivity index (χ1) is 17.5. The van der Waals surface area contributed by atoms with E-state index in [1.807, 2.05) is 30.3 Å². The van der Waals surface area contributed by atoms with Crippen LogP contribution in [-0.2, 0) is 0 Å². The third-order valence-electron chi connectivity index (χ3n) is 6.21. The van der Waals surface area contributed by atoms with E-state index in [9.17, 15) is 19.7 Å². The predicted octanol–water partition coefficient (Wildman–Crippen LogP) is 3.70. The molecule has 1 amide bonds. The molecule has 0 unspecified atom stereocenters. The highest BCUT2D eigenvalue weighted by Gasteiger charge is 2.26. The minimum absolute atomic E-state index is 0.157. The highest BCUT2D eigenvalue weighted by molar-refractivity contribution is 6.15. The number of anilines is 1. The summed E-state index contributed by atoms with van der Waals surface area (Å²) < 4.78 is 5.77. The van der Waals surface area contributed by atoms with Crippen LogP contribution in [0.3, 0.4) is 0 Å². The van der Waals surface area contributed by atoms with Crippen molar-refractivity contribution in [2.75, 3.05) is 51.7 Å². The van der Waals surface area contributed by atoms with Gasteiger partial charge in [-0.15, -0.1) is 0 Å². The average Bonchev–Trinajstić information content (AvgIpc) is 2.93. The van der Waals surface area contributed by atoms with Gasteiger partial charge in [-0.2, -0.15) is 0 Å². The maximum Gasteiger partial charge on any atom is 0.293 e. The highest BCUT2D eigenvalue weighted by atomic mass is 16.6. The molecular weight excluding hydrogens is 460 g/mol. The van der Waals surface area contributed by atoms with Crippen molar-refractivity contribution >= 4 is 23.1 Å². The first-order valence-corrected chi connectivity index (χ1v) is 11.8. The highest BCUT2D eigenvalue weighted by Crippen LogP contribution is 2.27. The molecule has 1 aliphatic heterocycles. The molecule has 9 nitrogen and oxygen atoms in total. The molecule has 1 fully saturated rings. The minimum Gasteiger partial charge on any atom is -0.492 e. The van der Waals surface area contributed by atoms with Crippen molar-refractivity contribution in [3.8, 4) is 5.75 Å². The zero-order valence-electron chi connectivity index (χ0n) is 20.1. The fraction of sp³-hybridized carbons (Fsp3) is 0.259. The van der Waals surface area contributed by atoms with Crippen molar-refractivity contribution in [2.45, 2.75) is 0 Å². The van der Waals surface area contributed by atoms with Crippen LogP contribution in [0.5, 0.6) is 5.75 Å². The Labute approximate surface area is 209 Å². The van der Waals surface area contributed by atoms with Gasteiger partial charge in [0.1, 0.15) is 18.0 Å². The summed E-state index contributed by atoms with van der Waals surface area (Å²) in [6.07, 6.45) is 0. The van der Waals surface area contributed by atoms with Gasteiger partial charge in [-0.1, -0.05) is 36.4 Å². The van der Waals surface area contributed by atoms with E-state index in [2.05, 4.69) is 10.2 Å². The number of hydrogen-bond donors (Lipinski definition) is 1. The number of hydrogen-bond acceptors (Lipinski definition) is 7. The van der Waals surface area contributed by atoms with E-state index in [1.54, 1.807) is 36.2 Å². The maximum absolute atomic E-state index is 13.3. The molecule has 9 heteroatoms. The molecular formula is C27H28N4O5. The van der Waals surface area contributed by atoms with Gasteiger partial charge in [-0.25, -0.2) is 0 Å². The van der Waals surface area contributed by atoms with Gasteiger partial charge in [-0.3, -0.25) is 24.6 Å². The zero-order chi connectivity index (χ0) is 25.5. The van der Waals surface area contributed by atoms with Crippen molar-refractivity contribution in [1.29, 1.82) is 0 Å². The molecule has 0 aliphatic carbocycles. The summed E-state index contributed by atoms with van der Waals surface area (Å²) in [4.78, 5) is 41.5. The molecule has 1 saturated heterocycles. The predicted molar refractivity (Wildman–Crippen MR) is 137 cm³/mol. The van der Waals surface area contributed by atoms with Gasteiger partial charge < -0.3 is 15.0 Å². The Hall–Kier alpha value is -4.24. The van der Waals surface area contributed by atoms with Crippen LogP contribution in [0, 0.1) is 10.1 Å². The number of rotatable bonds is 9. The van der Waals surface area contributed by atoms with E-state index < -0.39 is 10.7 Å². The second-order valence-electron chi connectivity index (χ2n) is 8.41. The first kappa shape index (κ1) is 24.9. The fourth-order valence-corrected chi connectivity index (χ4v) is 4.21. The van der Waals surface area contributed by atoms with Gasteiger partial charge in [0.15, 0.2) is 5.78 Å². The quantitative estimate of drug-likeness (QED) is 0.278. The van der Waals surface area contributed by atoms with Gasteiger partial charge in [-0.05, 0) is 30.3 Å². The smallest absolute Gasteiger partial charge is 0.293 e. The molecule has 36 heavy (non-hydrogen) atoms. The Morgan fingerprint density at radius 1 is 0.944 bits per heavy atom. The van der Waals surface area contributed by atoms with Crippen LogP contribution in [-0.4, -0.2) is 72.8 Å². The van der Waals surface area contributed by atoms with Gasteiger partial charge >= 0.3 is 0 Å². The van der Waals surface area contributed by atoms with Gasteiger partial charge in [0, 0.05) is 57.0 Å². The molecule has 0 radical (unpaired) electrons. The number of ether oxygens (including phenoxy) is 1. The molecule has 0 aromatic heterocycles.